The minimum absolute atomic E-state index is 0.115. The Morgan fingerprint density at radius 2 is 1.90 bits per heavy atom. The third-order valence-electron chi connectivity index (χ3n) is 5.43. The molecule has 1 amide bonds. The predicted molar refractivity (Wildman–Crippen MR) is 122 cm³/mol. The van der Waals surface area contributed by atoms with Crippen LogP contribution < -0.4 is 16.4 Å². The highest BCUT2D eigenvalue weighted by Crippen LogP contribution is 2.27. The van der Waals surface area contributed by atoms with Crippen molar-refractivity contribution in [3.63, 3.8) is 0 Å². The Hall–Kier alpha value is -3.07. The SMILES string of the molecule is CC1(Nc2ncc(N)c(Nc3ccc(CN(C(=O)O)C(C)(C)C)cc3)n2)CCOCC1. The number of nitrogen functional groups attached to an aromatic ring is 1. The van der Waals surface area contributed by atoms with E-state index >= 15 is 0 Å². The van der Waals surface area contributed by atoms with Crippen LogP contribution >= 0.6 is 0 Å². The van der Waals surface area contributed by atoms with Crippen molar-refractivity contribution in [2.24, 2.45) is 0 Å². The van der Waals surface area contributed by atoms with Gasteiger partial charge in [0.05, 0.1) is 11.9 Å². The summed E-state index contributed by atoms with van der Waals surface area (Å²) in [6.45, 7) is 9.50. The van der Waals surface area contributed by atoms with Gasteiger partial charge in [-0.15, -0.1) is 0 Å². The number of rotatable bonds is 6. The van der Waals surface area contributed by atoms with Gasteiger partial charge in [-0.2, -0.15) is 4.98 Å². The molecule has 0 atom stereocenters. The van der Waals surface area contributed by atoms with Gasteiger partial charge in [0, 0.05) is 36.5 Å². The van der Waals surface area contributed by atoms with Crippen molar-refractivity contribution in [3.8, 4) is 0 Å². The Labute approximate surface area is 183 Å². The van der Waals surface area contributed by atoms with Crippen LogP contribution in [0.2, 0.25) is 0 Å². The van der Waals surface area contributed by atoms with E-state index < -0.39 is 11.6 Å². The van der Waals surface area contributed by atoms with Crippen LogP contribution in [0.5, 0.6) is 0 Å². The van der Waals surface area contributed by atoms with E-state index in [0.29, 0.717) is 37.2 Å². The highest BCUT2D eigenvalue weighted by atomic mass is 16.5. The van der Waals surface area contributed by atoms with Crippen LogP contribution in [-0.4, -0.2) is 50.4 Å². The van der Waals surface area contributed by atoms with Gasteiger partial charge in [-0.3, -0.25) is 4.90 Å². The van der Waals surface area contributed by atoms with Gasteiger partial charge in [0.1, 0.15) is 0 Å². The summed E-state index contributed by atoms with van der Waals surface area (Å²) in [7, 11) is 0. The van der Waals surface area contributed by atoms with Gasteiger partial charge >= 0.3 is 6.09 Å². The summed E-state index contributed by atoms with van der Waals surface area (Å²) in [5.41, 5.74) is 7.61. The molecule has 2 aromatic rings. The van der Waals surface area contributed by atoms with Gasteiger partial charge in [-0.25, -0.2) is 9.78 Å². The second kappa shape index (κ2) is 8.97. The molecule has 1 fully saturated rings. The summed E-state index contributed by atoms with van der Waals surface area (Å²) in [6.07, 6.45) is 2.41. The average Bonchev–Trinajstić information content (AvgIpc) is 2.69. The van der Waals surface area contributed by atoms with Crippen molar-refractivity contribution >= 4 is 29.2 Å². The number of anilines is 4. The second-order valence-electron chi connectivity index (χ2n) is 9.16. The summed E-state index contributed by atoms with van der Waals surface area (Å²) >= 11 is 0. The molecule has 31 heavy (non-hydrogen) atoms. The molecule has 1 aliphatic heterocycles. The number of ether oxygens (including phenoxy) is 1. The Morgan fingerprint density at radius 3 is 2.48 bits per heavy atom. The summed E-state index contributed by atoms with van der Waals surface area (Å²) in [5, 5.41) is 16.1. The monoisotopic (exact) mass is 428 g/mol. The number of carbonyl (C=O) groups is 1. The molecule has 1 aliphatic rings. The molecular formula is C22H32N6O3. The Kier molecular flexibility index (Phi) is 6.54. The highest BCUT2D eigenvalue weighted by Gasteiger charge is 2.28. The van der Waals surface area contributed by atoms with Crippen molar-refractivity contribution in [1.82, 2.24) is 14.9 Å². The number of hydrogen-bond acceptors (Lipinski definition) is 7. The Bertz CT molecular complexity index is 904. The van der Waals surface area contributed by atoms with Crippen LogP contribution in [0.25, 0.3) is 0 Å². The zero-order valence-corrected chi connectivity index (χ0v) is 18.6. The van der Waals surface area contributed by atoms with E-state index in [1.807, 2.05) is 45.0 Å². The molecule has 0 saturated carbocycles. The van der Waals surface area contributed by atoms with E-state index in [2.05, 4.69) is 27.5 Å². The number of nitrogens with one attached hydrogen (secondary N) is 2. The number of aromatic nitrogens is 2. The van der Waals surface area contributed by atoms with Crippen molar-refractivity contribution in [2.75, 3.05) is 29.6 Å². The summed E-state index contributed by atoms with van der Waals surface area (Å²) < 4.78 is 5.44. The predicted octanol–water partition coefficient (Wildman–Crippen LogP) is 4.06. The molecule has 3 rings (SSSR count). The van der Waals surface area contributed by atoms with Gasteiger partial charge in [-0.1, -0.05) is 12.1 Å². The van der Waals surface area contributed by atoms with Gasteiger partial charge in [0.2, 0.25) is 5.95 Å². The second-order valence-corrected chi connectivity index (χ2v) is 9.16. The molecule has 0 radical (unpaired) electrons. The van der Waals surface area contributed by atoms with E-state index in [9.17, 15) is 9.90 Å². The quantitative estimate of drug-likeness (QED) is 0.543. The molecule has 0 aliphatic carbocycles. The Morgan fingerprint density at radius 1 is 1.26 bits per heavy atom. The van der Waals surface area contributed by atoms with Crippen LogP contribution in [0.3, 0.4) is 0 Å². The van der Waals surface area contributed by atoms with E-state index in [1.165, 1.54) is 4.90 Å². The van der Waals surface area contributed by atoms with Crippen LogP contribution in [0.4, 0.5) is 27.9 Å². The molecule has 0 spiro atoms. The number of hydrogen-bond donors (Lipinski definition) is 4. The molecule has 9 nitrogen and oxygen atoms in total. The largest absolute Gasteiger partial charge is 0.465 e. The van der Waals surface area contributed by atoms with E-state index in [4.69, 9.17) is 10.5 Å². The summed E-state index contributed by atoms with van der Waals surface area (Å²) in [6, 6.07) is 7.55. The van der Waals surface area contributed by atoms with Gasteiger partial charge in [0.15, 0.2) is 5.82 Å². The van der Waals surface area contributed by atoms with Crippen molar-refractivity contribution < 1.29 is 14.6 Å². The van der Waals surface area contributed by atoms with Crippen molar-refractivity contribution in [3.05, 3.63) is 36.0 Å². The first-order valence-corrected chi connectivity index (χ1v) is 10.4. The lowest BCUT2D eigenvalue weighted by molar-refractivity contribution is 0.0656. The fourth-order valence-electron chi connectivity index (χ4n) is 3.37. The lowest BCUT2D eigenvalue weighted by Gasteiger charge is -2.34. The van der Waals surface area contributed by atoms with E-state index in [-0.39, 0.29) is 5.54 Å². The molecule has 1 aromatic heterocycles. The molecule has 1 aromatic carbocycles. The Balaban J connectivity index is 1.70. The van der Waals surface area contributed by atoms with Crippen LogP contribution in [0, 0.1) is 0 Å². The maximum atomic E-state index is 11.6. The van der Waals surface area contributed by atoms with E-state index in [1.54, 1.807) is 6.20 Å². The minimum Gasteiger partial charge on any atom is -0.465 e. The van der Waals surface area contributed by atoms with Crippen molar-refractivity contribution in [1.29, 1.82) is 0 Å². The number of benzene rings is 1. The average molecular weight is 429 g/mol. The maximum Gasteiger partial charge on any atom is 0.408 e. The fourth-order valence-corrected chi connectivity index (χ4v) is 3.37. The molecule has 9 heteroatoms. The number of nitrogens with zero attached hydrogens (tertiary/aromatic N) is 3. The van der Waals surface area contributed by atoms with Crippen LogP contribution in [0.15, 0.2) is 30.5 Å². The first-order chi connectivity index (χ1) is 14.6. The molecule has 168 valence electrons. The smallest absolute Gasteiger partial charge is 0.408 e. The molecule has 2 heterocycles. The first kappa shape index (κ1) is 22.6. The zero-order chi connectivity index (χ0) is 22.6. The number of nitrogens with two attached hydrogens (primary N) is 1. The molecule has 5 N–H and O–H groups in total. The van der Waals surface area contributed by atoms with Gasteiger partial charge in [-0.05, 0) is 58.2 Å². The molecule has 1 saturated heterocycles. The summed E-state index contributed by atoms with van der Waals surface area (Å²) in [4.78, 5) is 21.8. The third kappa shape index (κ3) is 5.97. The zero-order valence-electron chi connectivity index (χ0n) is 18.6. The molecule has 0 unspecified atom stereocenters. The standard InChI is InChI=1S/C22H32N6O3/c1-21(2,3)28(20(29)30)14-15-5-7-16(8-6-15)25-18-17(23)13-24-19(26-18)27-22(4)9-11-31-12-10-22/h5-8,13H,9-12,14,23H2,1-4H3,(H,29,30)(H2,24,25,26,27). The topological polar surface area (TPSA) is 126 Å². The number of amides is 1. The normalized spacial score (nSPS) is 15.9. The first-order valence-electron chi connectivity index (χ1n) is 10.4. The lowest BCUT2D eigenvalue weighted by Crippen LogP contribution is -2.44. The number of carboxylic acid groups (broad SMARTS) is 1. The lowest BCUT2D eigenvalue weighted by atomic mass is 9.93. The molecular weight excluding hydrogens is 396 g/mol. The maximum absolute atomic E-state index is 11.6. The fraction of sp³-hybridized carbons (Fsp3) is 0.500. The highest BCUT2D eigenvalue weighted by molar-refractivity contribution is 5.69. The minimum atomic E-state index is -0.943. The molecule has 0 bridgehead atoms. The van der Waals surface area contributed by atoms with Gasteiger partial charge < -0.3 is 26.2 Å². The summed E-state index contributed by atoms with van der Waals surface area (Å²) in [5.74, 6) is 1.03. The van der Waals surface area contributed by atoms with Crippen LogP contribution in [0.1, 0.15) is 46.1 Å². The van der Waals surface area contributed by atoms with Gasteiger partial charge in [0.25, 0.3) is 0 Å². The van der Waals surface area contributed by atoms with Crippen LogP contribution in [-0.2, 0) is 11.3 Å². The van der Waals surface area contributed by atoms with E-state index in [0.717, 1.165) is 24.1 Å². The third-order valence-corrected chi connectivity index (χ3v) is 5.43. The van der Waals surface area contributed by atoms with Crippen molar-refractivity contribution in [2.45, 2.75) is 58.2 Å².